The standard InChI is InChI=1S/C19H21ClN6O5S/c20-11-2-1-10(13(22)7-11)4-6-32(29,30)25-8-14-16(27)17(28)19(31-14)26-9-24-15-12(21)3-5-23-18(15)26/h1-7,9,14,16-17,19,25,27-28H,8,22H2,(H2,21,23)/b6-4+/t14-,16-,17-,19-/m1/s1. The van der Waals surface area contributed by atoms with Gasteiger partial charge in [-0.05, 0) is 29.8 Å². The lowest BCUT2D eigenvalue weighted by Gasteiger charge is -2.16. The number of nitrogens with one attached hydrogen (secondary N) is 1. The van der Waals surface area contributed by atoms with Crippen LogP contribution in [0.3, 0.4) is 0 Å². The van der Waals surface area contributed by atoms with Crippen LogP contribution >= 0.6 is 11.6 Å². The quantitative estimate of drug-likeness (QED) is 0.313. The molecule has 1 aromatic carbocycles. The van der Waals surface area contributed by atoms with Gasteiger partial charge in [0, 0.05) is 28.9 Å². The van der Waals surface area contributed by atoms with Gasteiger partial charge in [-0.25, -0.2) is 23.1 Å². The van der Waals surface area contributed by atoms with Gasteiger partial charge < -0.3 is 26.4 Å². The van der Waals surface area contributed by atoms with Crippen LogP contribution in [0, 0.1) is 0 Å². The summed E-state index contributed by atoms with van der Waals surface area (Å²) in [5.74, 6) is 0. The van der Waals surface area contributed by atoms with E-state index in [0.717, 1.165) is 5.41 Å². The van der Waals surface area contributed by atoms with Gasteiger partial charge in [0.25, 0.3) is 0 Å². The highest BCUT2D eigenvalue weighted by molar-refractivity contribution is 7.92. The number of pyridine rings is 1. The molecule has 3 aromatic rings. The molecule has 1 aliphatic rings. The number of ether oxygens (including phenoxy) is 1. The predicted molar refractivity (Wildman–Crippen MR) is 120 cm³/mol. The Morgan fingerprint density at radius 1 is 1.19 bits per heavy atom. The number of aliphatic hydroxyl groups excluding tert-OH is 2. The fraction of sp³-hybridized carbons (Fsp3) is 0.263. The second-order valence-electron chi connectivity index (χ2n) is 7.24. The number of nitrogens with zero attached hydrogens (tertiary/aromatic N) is 3. The minimum Gasteiger partial charge on any atom is -0.398 e. The molecule has 4 rings (SSSR count). The van der Waals surface area contributed by atoms with Crippen molar-refractivity contribution in [2.24, 2.45) is 0 Å². The van der Waals surface area contributed by atoms with Gasteiger partial charge in [-0.15, -0.1) is 0 Å². The van der Waals surface area contributed by atoms with Crippen LogP contribution in [-0.4, -0.2) is 58.0 Å². The van der Waals surface area contributed by atoms with Gasteiger partial charge >= 0.3 is 0 Å². The van der Waals surface area contributed by atoms with Gasteiger partial charge in [-0.3, -0.25) is 4.57 Å². The summed E-state index contributed by atoms with van der Waals surface area (Å²) in [6.45, 7) is -0.278. The van der Waals surface area contributed by atoms with E-state index in [2.05, 4.69) is 14.7 Å². The van der Waals surface area contributed by atoms with E-state index >= 15 is 0 Å². The lowest BCUT2D eigenvalue weighted by Crippen LogP contribution is -2.39. The molecule has 7 N–H and O–H groups in total. The predicted octanol–water partition coefficient (Wildman–Crippen LogP) is 0.459. The highest BCUT2D eigenvalue weighted by Crippen LogP contribution is 2.32. The van der Waals surface area contributed by atoms with E-state index in [1.807, 2.05) is 0 Å². The molecule has 0 radical (unpaired) electrons. The molecule has 13 heteroatoms. The number of sulfonamides is 1. The summed E-state index contributed by atoms with van der Waals surface area (Å²) < 4.78 is 34.2. The van der Waals surface area contributed by atoms with Crippen molar-refractivity contribution < 1.29 is 23.4 Å². The van der Waals surface area contributed by atoms with Crippen molar-refractivity contribution >= 4 is 50.2 Å². The molecule has 3 heterocycles. The van der Waals surface area contributed by atoms with E-state index in [-0.39, 0.29) is 6.54 Å². The third-order valence-corrected chi connectivity index (χ3v) is 6.36. The number of halogens is 1. The number of rotatable bonds is 6. The Morgan fingerprint density at radius 3 is 2.72 bits per heavy atom. The lowest BCUT2D eigenvalue weighted by molar-refractivity contribution is -0.0329. The van der Waals surface area contributed by atoms with Crippen molar-refractivity contribution in [2.75, 3.05) is 18.0 Å². The molecule has 4 atom stereocenters. The number of benzene rings is 1. The van der Waals surface area contributed by atoms with Crippen molar-refractivity contribution in [3.8, 4) is 0 Å². The van der Waals surface area contributed by atoms with Gasteiger partial charge in [-0.1, -0.05) is 17.7 Å². The van der Waals surface area contributed by atoms with Crippen molar-refractivity contribution in [3.05, 3.63) is 52.8 Å². The van der Waals surface area contributed by atoms with Gasteiger partial charge in [0.15, 0.2) is 11.9 Å². The molecule has 0 saturated carbocycles. The average Bonchev–Trinajstić information content (AvgIpc) is 3.28. The van der Waals surface area contributed by atoms with E-state index in [0.29, 0.717) is 33.1 Å². The van der Waals surface area contributed by atoms with Crippen LogP contribution < -0.4 is 16.2 Å². The first-order valence-electron chi connectivity index (χ1n) is 9.47. The van der Waals surface area contributed by atoms with E-state index in [4.69, 9.17) is 27.8 Å². The van der Waals surface area contributed by atoms with Gasteiger partial charge in [0.1, 0.15) is 23.8 Å². The summed E-state index contributed by atoms with van der Waals surface area (Å²) in [6.07, 6.45) is -0.530. The highest BCUT2D eigenvalue weighted by atomic mass is 35.5. The fourth-order valence-electron chi connectivity index (χ4n) is 3.37. The summed E-state index contributed by atoms with van der Waals surface area (Å²) in [5.41, 5.74) is 13.7. The number of anilines is 2. The molecule has 1 saturated heterocycles. The Morgan fingerprint density at radius 2 is 1.97 bits per heavy atom. The summed E-state index contributed by atoms with van der Waals surface area (Å²) in [5, 5.41) is 22.2. The first kappa shape index (κ1) is 22.5. The topological polar surface area (TPSA) is 179 Å². The molecular weight excluding hydrogens is 460 g/mol. The monoisotopic (exact) mass is 480 g/mol. The summed E-state index contributed by atoms with van der Waals surface area (Å²) >= 11 is 5.84. The van der Waals surface area contributed by atoms with Crippen molar-refractivity contribution in [1.82, 2.24) is 19.3 Å². The Hall–Kier alpha value is -2.74. The van der Waals surface area contributed by atoms with Gasteiger partial charge in [0.2, 0.25) is 10.0 Å². The van der Waals surface area contributed by atoms with Crippen molar-refractivity contribution in [3.63, 3.8) is 0 Å². The highest BCUT2D eigenvalue weighted by Gasteiger charge is 2.44. The van der Waals surface area contributed by atoms with E-state index < -0.39 is 34.6 Å². The first-order valence-corrected chi connectivity index (χ1v) is 11.4. The number of nitrogens with two attached hydrogens (primary N) is 2. The number of hydrogen-bond donors (Lipinski definition) is 5. The van der Waals surface area contributed by atoms with Crippen LogP contribution in [0.2, 0.25) is 5.02 Å². The molecule has 2 aromatic heterocycles. The average molecular weight is 481 g/mol. The molecule has 32 heavy (non-hydrogen) atoms. The second-order valence-corrected chi connectivity index (χ2v) is 9.33. The molecule has 0 unspecified atom stereocenters. The van der Waals surface area contributed by atoms with Gasteiger partial charge in [0.05, 0.1) is 12.0 Å². The zero-order valence-electron chi connectivity index (χ0n) is 16.5. The molecular formula is C19H21ClN6O5S. The van der Waals surface area contributed by atoms with Gasteiger partial charge in [-0.2, -0.15) is 0 Å². The molecule has 1 fully saturated rings. The van der Waals surface area contributed by atoms with Crippen molar-refractivity contribution in [1.29, 1.82) is 0 Å². The largest absolute Gasteiger partial charge is 0.398 e. The van der Waals surface area contributed by atoms with E-state index in [1.54, 1.807) is 18.2 Å². The zero-order valence-corrected chi connectivity index (χ0v) is 18.1. The smallest absolute Gasteiger partial charge is 0.233 e. The second kappa shape index (κ2) is 8.65. The van der Waals surface area contributed by atoms with Crippen LogP contribution in [0.5, 0.6) is 0 Å². The number of nitrogen functional groups attached to an aromatic ring is 2. The van der Waals surface area contributed by atoms with E-state index in [1.165, 1.54) is 29.2 Å². The molecule has 0 amide bonds. The Kier molecular flexibility index (Phi) is 6.07. The lowest BCUT2D eigenvalue weighted by atomic mass is 10.1. The molecule has 170 valence electrons. The molecule has 1 aliphatic heterocycles. The Labute approximate surface area is 188 Å². The van der Waals surface area contributed by atoms with Crippen LogP contribution in [0.25, 0.3) is 17.2 Å². The third kappa shape index (κ3) is 4.41. The maximum atomic E-state index is 12.3. The number of imidazole rings is 1. The normalized spacial score (nSPS) is 24.0. The van der Waals surface area contributed by atoms with Crippen LogP contribution in [0.1, 0.15) is 11.8 Å². The maximum absolute atomic E-state index is 12.3. The van der Waals surface area contributed by atoms with Crippen molar-refractivity contribution in [2.45, 2.75) is 24.5 Å². The minimum atomic E-state index is -3.89. The molecule has 11 nitrogen and oxygen atoms in total. The Balaban J connectivity index is 1.45. The summed E-state index contributed by atoms with van der Waals surface area (Å²) in [6, 6.07) is 6.27. The summed E-state index contributed by atoms with van der Waals surface area (Å²) in [7, 11) is -3.89. The number of hydrogen-bond acceptors (Lipinski definition) is 9. The number of aliphatic hydroxyl groups is 2. The van der Waals surface area contributed by atoms with Crippen LogP contribution in [-0.2, 0) is 14.8 Å². The van der Waals surface area contributed by atoms with Crippen LogP contribution in [0.4, 0.5) is 11.4 Å². The molecule has 0 aliphatic carbocycles. The molecule has 0 spiro atoms. The summed E-state index contributed by atoms with van der Waals surface area (Å²) in [4.78, 5) is 8.35. The number of fused-ring (bicyclic) bond motifs is 1. The number of aromatic nitrogens is 3. The third-order valence-electron chi connectivity index (χ3n) is 5.06. The van der Waals surface area contributed by atoms with Crippen LogP contribution in [0.15, 0.2) is 42.2 Å². The fourth-order valence-corrected chi connectivity index (χ4v) is 4.37. The zero-order chi connectivity index (χ0) is 23.0. The SMILES string of the molecule is Nc1cc(Cl)ccc1/C=C/S(=O)(=O)NC[C@H]1O[C@@H](n2cnc3c(N)ccnc32)[C@H](O)[C@@H]1O. The maximum Gasteiger partial charge on any atom is 0.233 e. The minimum absolute atomic E-state index is 0.278. The molecule has 0 bridgehead atoms. The first-order chi connectivity index (χ1) is 15.2. The Bertz CT molecular complexity index is 1280. The van der Waals surface area contributed by atoms with E-state index in [9.17, 15) is 18.6 Å².